The third kappa shape index (κ3) is 14.7. The van der Waals surface area contributed by atoms with E-state index in [9.17, 15) is 9.59 Å². The van der Waals surface area contributed by atoms with Crippen LogP contribution >= 0.6 is 94.1 Å². The van der Waals surface area contributed by atoms with Crippen molar-refractivity contribution >= 4 is 104 Å². The first-order valence-electron chi connectivity index (χ1n) is 11.4. The van der Waals surface area contributed by atoms with Gasteiger partial charge in [-0.1, -0.05) is 62.4 Å². The van der Waals surface area contributed by atoms with Crippen molar-refractivity contribution in [1.82, 2.24) is 0 Å². The van der Waals surface area contributed by atoms with Crippen molar-refractivity contribution in [2.75, 3.05) is 34.5 Å². The highest BCUT2D eigenvalue weighted by atomic mass is 32.2. The van der Waals surface area contributed by atoms with Gasteiger partial charge in [-0.25, -0.2) is 0 Å². The van der Waals surface area contributed by atoms with Crippen molar-refractivity contribution in [1.29, 1.82) is 0 Å². The highest BCUT2D eigenvalue weighted by Crippen LogP contribution is 2.43. The van der Waals surface area contributed by atoms with Gasteiger partial charge in [0.25, 0.3) is 0 Å². The molecule has 0 aromatic rings. The summed E-state index contributed by atoms with van der Waals surface area (Å²) in [6.07, 6.45) is 10.9. The van der Waals surface area contributed by atoms with E-state index in [2.05, 4.69) is 47.5 Å². The van der Waals surface area contributed by atoms with Crippen LogP contribution in [0.5, 0.6) is 0 Å². The van der Waals surface area contributed by atoms with Gasteiger partial charge in [-0.2, -0.15) is 23.5 Å². The van der Waals surface area contributed by atoms with Crippen LogP contribution in [0.3, 0.4) is 0 Å². The SMILES string of the molecule is C=CC(=O)SCC1=CSC(CSCCCCCCCCSCC2SC=C(CSC(=O)C=C)S2)S1. The van der Waals surface area contributed by atoms with E-state index in [1.807, 2.05) is 47.0 Å². The third-order valence-corrected chi connectivity index (χ3v) is 15.3. The smallest absolute Gasteiger partial charge is 0.211 e. The van der Waals surface area contributed by atoms with Crippen molar-refractivity contribution in [2.24, 2.45) is 0 Å². The van der Waals surface area contributed by atoms with E-state index in [0.717, 1.165) is 11.5 Å². The second kappa shape index (κ2) is 20.1. The molecule has 2 atom stereocenters. The Morgan fingerprint density at radius 2 is 1.15 bits per heavy atom. The Balaban J connectivity index is 1.31. The summed E-state index contributed by atoms with van der Waals surface area (Å²) in [4.78, 5) is 25.3. The molecule has 0 aromatic heterocycles. The zero-order valence-corrected chi connectivity index (χ0v) is 26.0. The molecule has 0 aliphatic carbocycles. The van der Waals surface area contributed by atoms with Gasteiger partial charge in [0.15, 0.2) is 0 Å². The number of carbonyl (C=O) groups excluding carboxylic acids is 2. The van der Waals surface area contributed by atoms with Crippen LogP contribution < -0.4 is 0 Å². The van der Waals surface area contributed by atoms with Crippen LogP contribution in [0.2, 0.25) is 0 Å². The van der Waals surface area contributed by atoms with Crippen LogP contribution in [0.4, 0.5) is 0 Å². The first-order valence-corrected chi connectivity index (χ1v) is 19.3. The minimum absolute atomic E-state index is 0.0619. The summed E-state index contributed by atoms with van der Waals surface area (Å²) in [6.45, 7) is 7.04. The highest BCUT2D eigenvalue weighted by Gasteiger charge is 2.20. The van der Waals surface area contributed by atoms with Crippen molar-refractivity contribution in [3.05, 3.63) is 45.9 Å². The lowest BCUT2D eigenvalue weighted by Crippen LogP contribution is -1.98. The summed E-state index contributed by atoms with van der Waals surface area (Å²) in [5.74, 6) is 6.48. The Morgan fingerprint density at radius 3 is 1.56 bits per heavy atom. The van der Waals surface area contributed by atoms with E-state index in [1.165, 1.54) is 107 Å². The predicted octanol–water partition coefficient (Wildman–Crippen LogP) is 8.98. The normalized spacial score (nSPS) is 19.6. The van der Waals surface area contributed by atoms with Crippen LogP contribution in [-0.2, 0) is 9.59 Å². The van der Waals surface area contributed by atoms with Crippen LogP contribution in [0.1, 0.15) is 38.5 Å². The molecule has 2 unspecified atom stereocenters. The van der Waals surface area contributed by atoms with Crippen molar-refractivity contribution in [3.8, 4) is 0 Å². The van der Waals surface area contributed by atoms with E-state index in [4.69, 9.17) is 0 Å². The second-order valence-electron chi connectivity index (χ2n) is 7.43. The van der Waals surface area contributed by atoms with E-state index in [0.29, 0.717) is 9.16 Å². The van der Waals surface area contributed by atoms with Gasteiger partial charge in [-0.05, 0) is 47.3 Å². The zero-order valence-electron chi connectivity index (χ0n) is 19.4. The molecular weight excluding hydrogens is 577 g/mol. The molecule has 34 heavy (non-hydrogen) atoms. The molecule has 0 amide bonds. The van der Waals surface area contributed by atoms with Gasteiger partial charge in [0, 0.05) is 32.8 Å². The molecule has 2 rings (SSSR count). The number of unbranched alkanes of at least 4 members (excludes halogenated alkanes) is 5. The Bertz CT molecular complexity index is 662. The predicted molar refractivity (Wildman–Crippen MR) is 172 cm³/mol. The van der Waals surface area contributed by atoms with Gasteiger partial charge in [0.1, 0.15) is 0 Å². The van der Waals surface area contributed by atoms with E-state index < -0.39 is 0 Å². The maximum atomic E-state index is 11.3. The van der Waals surface area contributed by atoms with Gasteiger partial charge >= 0.3 is 0 Å². The first kappa shape index (κ1) is 31.3. The van der Waals surface area contributed by atoms with Gasteiger partial charge in [0.05, 0.1) is 9.16 Å². The minimum Gasteiger partial charge on any atom is -0.282 e. The molecule has 2 heterocycles. The Morgan fingerprint density at radius 1 is 0.735 bits per heavy atom. The molecule has 2 nitrogen and oxygen atoms in total. The van der Waals surface area contributed by atoms with Crippen LogP contribution in [0.25, 0.3) is 0 Å². The molecule has 190 valence electrons. The maximum Gasteiger partial charge on any atom is 0.211 e. The lowest BCUT2D eigenvalue weighted by molar-refractivity contribution is -0.107. The molecule has 0 bridgehead atoms. The zero-order chi connectivity index (χ0) is 24.4. The van der Waals surface area contributed by atoms with E-state index in [-0.39, 0.29) is 10.2 Å². The van der Waals surface area contributed by atoms with Crippen molar-refractivity contribution < 1.29 is 9.59 Å². The lowest BCUT2D eigenvalue weighted by Gasteiger charge is -2.09. The number of thioether (sulfide) groups is 8. The minimum atomic E-state index is 0.0619. The summed E-state index contributed by atoms with van der Waals surface area (Å²) >= 11 is 14.5. The van der Waals surface area contributed by atoms with E-state index >= 15 is 0 Å². The molecule has 0 N–H and O–H groups in total. The van der Waals surface area contributed by atoms with Crippen LogP contribution in [0.15, 0.2) is 45.9 Å². The summed E-state index contributed by atoms with van der Waals surface area (Å²) in [5, 5.41) is 4.58. The Hall–Kier alpha value is 1.10. The quantitative estimate of drug-likeness (QED) is 0.104. The first-order chi connectivity index (χ1) is 16.6. The highest BCUT2D eigenvalue weighted by molar-refractivity contribution is 8.25. The van der Waals surface area contributed by atoms with E-state index in [1.54, 1.807) is 0 Å². The number of carbonyl (C=O) groups is 2. The molecule has 0 aromatic carbocycles. The maximum absolute atomic E-state index is 11.3. The second-order valence-corrected chi connectivity index (χ2v) is 17.1. The molecule has 0 saturated carbocycles. The topological polar surface area (TPSA) is 34.1 Å². The van der Waals surface area contributed by atoms with Gasteiger partial charge in [-0.3, -0.25) is 9.59 Å². The number of rotatable bonds is 19. The molecule has 2 aliphatic heterocycles. The summed E-state index contributed by atoms with van der Waals surface area (Å²) in [6, 6.07) is 0. The van der Waals surface area contributed by atoms with Gasteiger partial charge in [0.2, 0.25) is 10.2 Å². The third-order valence-electron chi connectivity index (χ3n) is 4.65. The largest absolute Gasteiger partial charge is 0.282 e. The number of hydrogen-bond acceptors (Lipinski definition) is 10. The summed E-state index contributed by atoms with van der Waals surface area (Å²) in [7, 11) is 0. The Labute approximate surface area is 240 Å². The van der Waals surface area contributed by atoms with Crippen LogP contribution in [0, 0.1) is 0 Å². The van der Waals surface area contributed by atoms with Crippen molar-refractivity contribution in [2.45, 2.75) is 47.7 Å². The Kier molecular flexibility index (Phi) is 18.5. The average molecular weight is 611 g/mol. The number of hydrogen-bond donors (Lipinski definition) is 0. The molecule has 10 heteroatoms. The standard InChI is InChI=1S/C24H34O2S8/c1-3-21(25)29-13-19-15-31-23(33-19)17-27-11-9-7-5-6-8-10-12-28-18-24-32-16-20(34-24)14-30-22(26)4-2/h3-4,15-16,23-24H,1-2,5-14,17-18H2. The molecule has 0 saturated heterocycles. The molecule has 0 radical (unpaired) electrons. The monoisotopic (exact) mass is 610 g/mol. The molecule has 2 aliphatic rings. The fourth-order valence-corrected chi connectivity index (χ4v) is 12.6. The summed E-state index contributed by atoms with van der Waals surface area (Å²) < 4.78 is 1.22. The van der Waals surface area contributed by atoms with Crippen LogP contribution in [-0.4, -0.2) is 53.9 Å². The average Bonchev–Trinajstić information content (AvgIpc) is 3.51. The molecule has 0 spiro atoms. The molecular formula is C24H34O2S8. The lowest BCUT2D eigenvalue weighted by atomic mass is 10.1. The summed E-state index contributed by atoms with van der Waals surface area (Å²) in [5.41, 5.74) is 0. The fourth-order valence-electron chi connectivity index (χ4n) is 2.91. The molecule has 0 fully saturated rings. The fraction of sp³-hybridized carbons (Fsp3) is 0.583. The van der Waals surface area contributed by atoms with Crippen molar-refractivity contribution in [3.63, 3.8) is 0 Å². The van der Waals surface area contributed by atoms with Gasteiger partial charge in [-0.15, -0.1) is 47.0 Å². The van der Waals surface area contributed by atoms with Gasteiger partial charge < -0.3 is 0 Å².